The second-order valence-corrected chi connectivity index (χ2v) is 5.93. The van der Waals surface area contributed by atoms with Crippen molar-refractivity contribution in [2.45, 2.75) is 11.6 Å². The zero-order valence-electron chi connectivity index (χ0n) is 12.6. The van der Waals surface area contributed by atoms with Crippen LogP contribution in [0.2, 0.25) is 0 Å². The highest BCUT2D eigenvalue weighted by Gasteiger charge is 2.64. The summed E-state index contributed by atoms with van der Waals surface area (Å²) in [5.41, 5.74) is 1.29. The van der Waals surface area contributed by atoms with Gasteiger partial charge in [0, 0.05) is 18.3 Å². The van der Waals surface area contributed by atoms with Gasteiger partial charge in [-0.25, -0.2) is 0 Å². The van der Waals surface area contributed by atoms with Crippen LogP contribution in [0.25, 0.3) is 0 Å². The number of anilines is 1. The van der Waals surface area contributed by atoms with Gasteiger partial charge in [-0.15, -0.1) is 0 Å². The fourth-order valence-electron chi connectivity index (χ4n) is 3.70. The van der Waals surface area contributed by atoms with Gasteiger partial charge in [0.15, 0.2) is 6.10 Å². The highest BCUT2D eigenvalue weighted by molar-refractivity contribution is 6.04. The number of para-hydroxylation sites is 1. The van der Waals surface area contributed by atoms with Crippen LogP contribution in [-0.4, -0.2) is 41.5 Å². The van der Waals surface area contributed by atoms with Gasteiger partial charge in [0.2, 0.25) is 5.91 Å². The minimum absolute atomic E-state index is 0.0457. The first-order valence-corrected chi connectivity index (χ1v) is 7.49. The first-order valence-electron chi connectivity index (χ1n) is 7.49. The molecule has 23 heavy (non-hydrogen) atoms. The van der Waals surface area contributed by atoms with Crippen molar-refractivity contribution in [1.29, 1.82) is 0 Å². The molecule has 0 unspecified atom stereocenters. The Balaban J connectivity index is 2.05. The predicted molar refractivity (Wildman–Crippen MR) is 84.8 cm³/mol. The Labute approximate surface area is 133 Å². The smallest absolute Gasteiger partial charge is 0.256 e. The third-order valence-corrected chi connectivity index (χ3v) is 4.88. The van der Waals surface area contributed by atoms with Crippen LogP contribution in [0.4, 0.5) is 5.69 Å². The number of β-lactam (4-membered cyclic amide) rings is 1. The zero-order valence-corrected chi connectivity index (χ0v) is 12.6. The molecular formula is C18H16N2O3. The number of benzene rings is 2. The van der Waals surface area contributed by atoms with E-state index in [1.54, 1.807) is 11.9 Å². The molecule has 0 saturated carbocycles. The molecule has 2 atom stereocenters. The average Bonchev–Trinajstić information content (AvgIpc) is 2.69. The molecule has 1 fully saturated rings. The summed E-state index contributed by atoms with van der Waals surface area (Å²) in [7, 11) is 1.70. The highest BCUT2D eigenvalue weighted by Crippen LogP contribution is 2.51. The molecule has 0 spiro atoms. The number of hydrogen-bond donors (Lipinski definition) is 1. The number of carbonyl (C=O) groups is 2. The van der Waals surface area contributed by atoms with Gasteiger partial charge in [-0.3, -0.25) is 9.59 Å². The fraction of sp³-hybridized carbons (Fsp3) is 0.222. The van der Waals surface area contributed by atoms with Crippen molar-refractivity contribution >= 4 is 17.5 Å². The van der Waals surface area contributed by atoms with Crippen molar-refractivity contribution in [3.63, 3.8) is 0 Å². The number of fused-ring (bicyclic) bond motifs is 3. The Kier molecular flexibility index (Phi) is 2.83. The number of amides is 2. The van der Waals surface area contributed by atoms with Gasteiger partial charge in [-0.2, -0.15) is 0 Å². The van der Waals surface area contributed by atoms with Crippen LogP contribution in [0.1, 0.15) is 11.1 Å². The van der Waals surface area contributed by atoms with E-state index in [2.05, 4.69) is 0 Å². The summed E-state index contributed by atoms with van der Waals surface area (Å²) < 4.78 is 0. The summed E-state index contributed by atoms with van der Waals surface area (Å²) in [5.74, 6) is -0.581. The summed E-state index contributed by atoms with van der Waals surface area (Å²) >= 11 is 0. The maximum atomic E-state index is 12.4. The molecule has 2 amide bonds. The Morgan fingerprint density at radius 2 is 1.70 bits per heavy atom. The molecule has 0 bridgehead atoms. The van der Waals surface area contributed by atoms with Crippen LogP contribution < -0.4 is 4.90 Å². The number of likely N-dealkylation sites (N-methyl/N-ethyl adjacent to an activating group) is 1. The lowest BCUT2D eigenvalue weighted by Gasteiger charge is -2.54. The number of carbonyl (C=O) groups excluding carboxylic acids is 2. The third-order valence-electron chi connectivity index (χ3n) is 4.88. The summed E-state index contributed by atoms with van der Waals surface area (Å²) in [6, 6.07) is 16.8. The monoisotopic (exact) mass is 308 g/mol. The molecule has 1 saturated heterocycles. The Bertz CT molecular complexity index is 805. The molecule has 2 aliphatic rings. The van der Waals surface area contributed by atoms with Gasteiger partial charge >= 0.3 is 0 Å². The molecule has 2 aromatic rings. The van der Waals surface area contributed by atoms with E-state index < -0.39 is 17.6 Å². The molecule has 4 rings (SSSR count). The molecule has 5 heteroatoms. The maximum absolute atomic E-state index is 12.4. The summed E-state index contributed by atoms with van der Waals surface area (Å²) in [6.45, 7) is -0.0457. The van der Waals surface area contributed by atoms with Crippen LogP contribution >= 0.6 is 0 Å². The Morgan fingerprint density at radius 3 is 2.43 bits per heavy atom. The Hall–Kier alpha value is -2.66. The zero-order chi connectivity index (χ0) is 16.2. The SMILES string of the molecule is CN1C(=O)CN2C(=O)[C@@H](O)[C@]2(c2ccccc2)c2ccccc21. The molecule has 0 aromatic heterocycles. The molecular weight excluding hydrogens is 292 g/mol. The van der Waals surface area contributed by atoms with Gasteiger partial charge < -0.3 is 14.9 Å². The second-order valence-electron chi connectivity index (χ2n) is 5.93. The minimum Gasteiger partial charge on any atom is -0.380 e. The van der Waals surface area contributed by atoms with Gasteiger partial charge in [0.1, 0.15) is 12.1 Å². The van der Waals surface area contributed by atoms with E-state index in [1.807, 2.05) is 54.6 Å². The lowest BCUT2D eigenvalue weighted by Crippen LogP contribution is -2.72. The number of aliphatic hydroxyl groups is 1. The molecule has 0 radical (unpaired) electrons. The van der Waals surface area contributed by atoms with Gasteiger partial charge in [-0.1, -0.05) is 48.5 Å². The first kappa shape index (κ1) is 14.0. The van der Waals surface area contributed by atoms with Gasteiger partial charge in [0.25, 0.3) is 5.91 Å². The van der Waals surface area contributed by atoms with E-state index in [9.17, 15) is 14.7 Å². The summed E-state index contributed by atoms with van der Waals surface area (Å²) in [5, 5.41) is 10.6. The van der Waals surface area contributed by atoms with Crippen LogP contribution in [0.3, 0.4) is 0 Å². The van der Waals surface area contributed by atoms with Crippen molar-refractivity contribution in [2.24, 2.45) is 0 Å². The normalized spacial score (nSPS) is 26.3. The van der Waals surface area contributed by atoms with Crippen molar-refractivity contribution in [3.05, 3.63) is 65.7 Å². The molecule has 2 heterocycles. The van der Waals surface area contributed by atoms with Crippen molar-refractivity contribution in [3.8, 4) is 0 Å². The van der Waals surface area contributed by atoms with Crippen LogP contribution in [0.15, 0.2) is 54.6 Å². The lowest BCUT2D eigenvalue weighted by molar-refractivity contribution is -0.181. The first-order chi connectivity index (χ1) is 11.1. The lowest BCUT2D eigenvalue weighted by atomic mass is 9.70. The van der Waals surface area contributed by atoms with E-state index in [4.69, 9.17) is 0 Å². The molecule has 116 valence electrons. The summed E-state index contributed by atoms with van der Waals surface area (Å²) in [6.07, 6.45) is -1.19. The van der Waals surface area contributed by atoms with Gasteiger partial charge in [0.05, 0.1) is 0 Å². The van der Waals surface area contributed by atoms with Crippen molar-refractivity contribution in [2.75, 3.05) is 18.5 Å². The molecule has 5 nitrogen and oxygen atoms in total. The largest absolute Gasteiger partial charge is 0.380 e. The highest BCUT2D eigenvalue weighted by atomic mass is 16.3. The number of aliphatic hydroxyl groups excluding tert-OH is 1. The van der Waals surface area contributed by atoms with E-state index >= 15 is 0 Å². The average molecular weight is 308 g/mol. The minimum atomic E-state index is -1.19. The maximum Gasteiger partial charge on any atom is 0.256 e. The van der Waals surface area contributed by atoms with Crippen molar-refractivity contribution < 1.29 is 14.7 Å². The van der Waals surface area contributed by atoms with Crippen molar-refractivity contribution in [1.82, 2.24) is 4.90 Å². The second kappa shape index (κ2) is 4.67. The van der Waals surface area contributed by atoms with Crippen LogP contribution in [0, 0.1) is 0 Å². The summed E-state index contributed by atoms with van der Waals surface area (Å²) in [4.78, 5) is 27.8. The molecule has 2 aromatic carbocycles. The fourth-order valence-corrected chi connectivity index (χ4v) is 3.70. The number of rotatable bonds is 1. The standard InChI is InChI=1S/C18H16N2O3/c1-19-14-10-6-5-9-13(14)18(12-7-3-2-4-8-12)16(22)17(23)20(18)11-15(19)21/h2-10,16,22H,11H2,1H3/t16-,18+/m1/s1. The quantitative estimate of drug-likeness (QED) is 0.803. The van der Waals surface area contributed by atoms with E-state index in [0.717, 1.165) is 16.8 Å². The third kappa shape index (κ3) is 1.60. The Morgan fingerprint density at radius 1 is 1.04 bits per heavy atom. The molecule has 1 N–H and O–H groups in total. The van der Waals surface area contributed by atoms with Crippen LogP contribution in [-0.2, 0) is 15.1 Å². The van der Waals surface area contributed by atoms with Gasteiger partial charge in [-0.05, 0) is 11.6 Å². The number of nitrogens with zero attached hydrogens (tertiary/aromatic N) is 2. The van der Waals surface area contributed by atoms with Crippen LogP contribution in [0.5, 0.6) is 0 Å². The molecule has 2 aliphatic heterocycles. The predicted octanol–water partition coefficient (Wildman–Crippen LogP) is 1.11. The topological polar surface area (TPSA) is 60.9 Å². The molecule has 0 aliphatic carbocycles. The van der Waals surface area contributed by atoms with E-state index in [-0.39, 0.29) is 12.5 Å². The number of hydrogen-bond acceptors (Lipinski definition) is 3. The van der Waals surface area contributed by atoms with E-state index in [1.165, 1.54) is 4.90 Å². The van der Waals surface area contributed by atoms with E-state index in [0.29, 0.717) is 0 Å².